The summed E-state index contributed by atoms with van der Waals surface area (Å²) in [5.74, 6) is -0.347. The maximum atomic E-state index is 10.6. The number of benzene rings is 1. The molecule has 0 fully saturated rings. The Morgan fingerprint density at radius 3 is 2.60 bits per heavy atom. The lowest BCUT2D eigenvalue weighted by molar-refractivity contribution is -0.141. The molecule has 1 N–H and O–H groups in total. The maximum Gasteiger partial charge on any atom is 0.302 e. The predicted octanol–water partition coefficient (Wildman–Crippen LogP) is 2.05. The fraction of sp³-hybridized carbons (Fsp3) is 0.364. The molecule has 0 aliphatic rings. The van der Waals surface area contributed by atoms with Crippen LogP contribution < -0.4 is 0 Å². The van der Waals surface area contributed by atoms with Gasteiger partial charge in [-0.2, -0.15) is 0 Å². The average Bonchev–Trinajstić information content (AvgIpc) is 2.26. The third-order valence-electron chi connectivity index (χ3n) is 1.93. The van der Waals surface area contributed by atoms with Gasteiger partial charge in [-0.25, -0.2) is 0 Å². The number of alkyl halides is 1. The molecule has 3 nitrogen and oxygen atoms in total. The number of ether oxygens (including phenoxy) is 1. The van der Waals surface area contributed by atoms with E-state index in [0.717, 1.165) is 5.56 Å². The Kier molecular flexibility index (Phi) is 4.78. The number of hydrogen-bond donors (Lipinski definition) is 1. The van der Waals surface area contributed by atoms with E-state index in [1.165, 1.54) is 6.92 Å². The van der Waals surface area contributed by atoms with E-state index in [1.807, 2.05) is 30.3 Å². The van der Waals surface area contributed by atoms with Gasteiger partial charge in [0.2, 0.25) is 0 Å². The minimum Gasteiger partial charge on any atom is -0.465 e. The molecule has 0 aliphatic carbocycles. The van der Waals surface area contributed by atoms with Crippen LogP contribution in [0.25, 0.3) is 0 Å². The zero-order chi connectivity index (χ0) is 11.3. The Morgan fingerprint density at radius 2 is 2.07 bits per heavy atom. The smallest absolute Gasteiger partial charge is 0.302 e. The SMILES string of the molecule is CC(=O)OCC(Br)C(O)c1ccccc1. The fourth-order valence-electron chi connectivity index (χ4n) is 1.15. The van der Waals surface area contributed by atoms with Crippen LogP contribution in [-0.4, -0.2) is 22.5 Å². The fourth-order valence-corrected chi connectivity index (χ4v) is 1.58. The summed E-state index contributed by atoms with van der Waals surface area (Å²) in [5, 5.41) is 9.86. The van der Waals surface area contributed by atoms with Crippen LogP contribution >= 0.6 is 15.9 Å². The summed E-state index contributed by atoms with van der Waals surface area (Å²) < 4.78 is 4.80. The highest BCUT2D eigenvalue weighted by Gasteiger charge is 2.18. The molecule has 2 unspecified atom stereocenters. The predicted molar refractivity (Wildman–Crippen MR) is 60.7 cm³/mol. The summed E-state index contributed by atoms with van der Waals surface area (Å²) in [4.78, 5) is 10.3. The second-order valence-electron chi connectivity index (χ2n) is 3.17. The summed E-state index contributed by atoms with van der Waals surface area (Å²) in [7, 11) is 0. The number of aliphatic hydroxyl groups is 1. The largest absolute Gasteiger partial charge is 0.465 e. The lowest BCUT2D eigenvalue weighted by atomic mass is 10.1. The minimum atomic E-state index is -0.675. The third-order valence-corrected chi connectivity index (χ3v) is 2.69. The number of carbonyl (C=O) groups is 1. The van der Waals surface area contributed by atoms with Crippen molar-refractivity contribution in [2.45, 2.75) is 17.9 Å². The molecule has 0 saturated heterocycles. The number of aliphatic hydroxyl groups excluding tert-OH is 1. The zero-order valence-corrected chi connectivity index (χ0v) is 9.98. The number of esters is 1. The van der Waals surface area contributed by atoms with Gasteiger partial charge in [0.25, 0.3) is 0 Å². The molecule has 15 heavy (non-hydrogen) atoms. The van der Waals surface area contributed by atoms with Gasteiger partial charge in [0.15, 0.2) is 0 Å². The molecular weight excluding hydrogens is 260 g/mol. The summed E-state index contributed by atoms with van der Waals surface area (Å²) in [6.45, 7) is 1.50. The van der Waals surface area contributed by atoms with Gasteiger partial charge in [0.1, 0.15) is 6.61 Å². The van der Waals surface area contributed by atoms with E-state index in [-0.39, 0.29) is 17.4 Å². The van der Waals surface area contributed by atoms with Gasteiger partial charge in [-0.15, -0.1) is 0 Å². The zero-order valence-electron chi connectivity index (χ0n) is 8.39. The van der Waals surface area contributed by atoms with E-state index in [1.54, 1.807) is 0 Å². The van der Waals surface area contributed by atoms with Crippen molar-refractivity contribution >= 4 is 21.9 Å². The van der Waals surface area contributed by atoms with E-state index in [0.29, 0.717) is 0 Å². The first-order valence-corrected chi connectivity index (χ1v) is 5.53. The van der Waals surface area contributed by atoms with E-state index in [4.69, 9.17) is 4.74 Å². The van der Waals surface area contributed by atoms with Gasteiger partial charge >= 0.3 is 5.97 Å². The summed E-state index contributed by atoms with van der Waals surface area (Å²) in [6, 6.07) is 9.24. The maximum absolute atomic E-state index is 10.6. The van der Waals surface area contributed by atoms with Crippen molar-refractivity contribution in [3.8, 4) is 0 Å². The van der Waals surface area contributed by atoms with Crippen LogP contribution in [0.2, 0.25) is 0 Å². The molecular formula is C11H13BrO3. The highest BCUT2D eigenvalue weighted by Crippen LogP contribution is 2.22. The van der Waals surface area contributed by atoms with Crippen molar-refractivity contribution in [1.82, 2.24) is 0 Å². The van der Waals surface area contributed by atoms with Gasteiger partial charge in [0.05, 0.1) is 10.9 Å². The Morgan fingerprint density at radius 1 is 1.47 bits per heavy atom. The summed E-state index contributed by atoms with van der Waals surface area (Å²) in [5.41, 5.74) is 0.798. The number of halogens is 1. The Balaban J connectivity index is 2.53. The van der Waals surface area contributed by atoms with Crippen LogP contribution in [0, 0.1) is 0 Å². The normalized spacial score (nSPS) is 14.3. The molecule has 82 valence electrons. The molecule has 0 saturated carbocycles. The first kappa shape index (κ1) is 12.2. The second kappa shape index (κ2) is 5.88. The number of hydrogen-bond acceptors (Lipinski definition) is 3. The first-order valence-electron chi connectivity index (χ1n) is 4.61. The molecule has 0 spiro atoms. The van der Waals surface area contributed by atoms with E-state index >= 15 is 0 Å². The number of carbonyl (C=O) groups excluding carboxylic acids is 1. The summed E-state index contributed by atoms with van der Waals surface area (Å²) in [6.07, 6.45) is -0.675. The van der Waals surface area contributed by atoms with Gasteiger partial charge in [-0.3, -0.25) is 4.79 Å². The van der Waals surface area contributed by atoms with Crippen molar-refractivity contribution < 1.29 is 14.6 Å². The highest BCUT2D eigenvalue weighted by atomic mass is 79.9. The molecule has 4 heteroatoms. The molecule has 0 amide bonds. The van der Waals surface area contributed by atoms with Crippen molar-refractivity contribution in [2.75, 3.05) is 6.61 Å². The Bertz CT molecular complexity index is 313. The van der Waals surface area contributed by atoms with E-state index in [2.05, 4.69) is 15.9 Å². The lowest BCUT2D eigenvalue weighted by Crippen LogP contribution is -2.19. The average molecular weight is 273 g/mol. The van der Waals surface area contributed by atoms with Gasteiger partial charge in [-0.1, -0.05) is 46.3 Å². The standard InChI is InChI=1S/C11H13BrO3/c1-8(13)15-7-10(12)11(14)9-5-3-2-4-6-9/h2-6,10-11,14H,7H2,1H3. The van der Waals surface area contributed by atoms with Gasteiger partial charge in [-0.05, 0) is 5.56 Å². The van der Waals surface area contributed by atoms with Crippen molar-refractivity contribution in [3.63, 3.8) is 0 Å². The summed E-state index contributed by atoms with van der Waals surface area (Å²) >= 11 is 3.28. The van der Waals surface area contributed by atoms with Gasteiger partial charge < -0.3 is 9.84 Å². The Hall–Kier alpha value is -0.870. The molecule has 0 aliphatic heterocycles. The minimum absolute atomic E-state index is 0.158. The topological polar surface area (TPSA) is 46.5 Å². The third kappa shape index (κ3) is 4.01. The molecule has 0 heterocycles. The second-order valence-corrected chi connectivity index (χ2v) is 4.35. The molecule has 1 aromatic rings. The molecule has 1 rings (SSSR count). The lowest BCUT2D eigenvalue weighted by Gasteiger charge is -2.17. The molecule has 1 aromatic carbocycles. The van der Waals surface area contributed by atoms with Gasteiger partial charge in [0, 0.05) is 6.92 Å². The van der Waals surface area contributed by atoms with Crippen molar-refractivity contribution in [3.05, 3.63) is 35.9 Å². The van der Waals surface area contributed by atoms with Crippen LogP contribution in [0.3, 0.4) is 0 Å². The van der Waals surface area contributed by atoms with Crippen LogP contribution in [0.15, 0.2) is 30.3 Å². The molecule has 0 bridgehead atoms. The van der Waals surface area contributed by atoms with Crippen LogP contribution in [-0.2, 0) is 9.53 Å². The Labute approximate surface area is 97.2 Å². The van der Waals surface area contributed by atoms with Crippen LogP contribution in [0.1, 0.15) is 18.6 Å². The van der Waals surface area contributed by atoms with Crippen molar-refractivity contribution in [1.29, 1.82) is 0 Å². The first-order chi connectivity index (χ1) is 7.11. The highest BCUT2D eigenvalue weighted by molar-refractivity contribution is 9.09. The van der Waals surface area contributed by atoms with E-state index < -0.39 is 6.10 Å². The van der Waals surface area contributed by atoms with E-state index in [9.17, 15) is 9.90 Å². The quantitative estimate of drug-likeness (QED) is 0.674. The molecule has 0 aromatic heterocycles. The molecule has 0 radical (unpaired) electrons. The van der Waals surface area contributed by atoms with Crippen LogP contribution in [0.5, 0.6) is 0 Å². The monoisotopic (exact) mass is 272 g/mol. The molecule has 2 atom stereocenters. The van der Waals surface area contributed by atoms with Crippen molar-refractivity contribution in [2.24, 2.45) is 0 Å². The number of rotatable bonds is 4. The van der Waals surface area contributed by atoms with Crippen LogP contribution in [0.4, 0.5) is 0 Å².